The molecule has 2 rings (SSSR count). The molecule has 0 aromatic heterocycles. The van der Waals surface area contributed by atoms with E-state index in [1.54, 1.807) is 18.2 Å². The lowest BCUT2D eigenvalue weighted by atomic mass is 10.1. The molecule has 0 saturated heterocycles. The van der Waals surface area contributed by atoms with Crippen LogP contribution in [0.1, 0.15) is 11.6 Å². The highest BCUT2D eigenvalue weighted by Gasteiger charge is 2.15. The first-order valence-electron chi connectivity index (χ1n) is 6.11. The van der Waals surface area contributed by atoms with E-state index in [2.05, 4.69) is 5.32 Å². The SMILES string of the molecule is CNC(COc1cccc(Cl)c1)c1cccc(Cl)c1Cl. The van der Waals surface area contributed by atoms with Crippen molar-refractivity contribution < 1.29 is 4.74 Å². The van der Waals surface area contributed by atoms with Crippen molar-refractivity contribution in [2.45, 2.75) is 6.04 Å². The molecule has 0 fully saturated rings. The van der Waals surface area contributed by atoms with Crippen LogP contribution in [0.4, 0.5) is 0 Å². The highest BCUT2D eigenvalue weighted by molar-refractivity contribution is 6.42. The quantitative estimate of drug-likeness (QED) is 0.834. The van der Waals surface area contributed by atoms with Crippen molar-refractivity contribution in [3.05, 3.63) is 63.1 Å². The summed E-state index contributed by atoms with van der Waals surface area (Å²) in [4.78, 5) is 0. The molecule has 2 aromatic carbocycles. The summed E-state index contributed by atoms with van der Waals surface area (Å²) in [5.74, 6) is 0.718. The fraction of sp³-hybridized carbons (Fsp3) is 0.200. The zero-order valence-corrected chi connectivity index (χ0v) is 13.1. The van der Waals surface area contributed by atoms with Gasteiger partial charge < -0.3 is 10.1 Å². The van der Waals surface area contributed by atoms with E-state index in [1.165, 1.54) is 0 Å². The molecule has 0 heterocycles. The Morgan fingerprint density at radius 1 is 1.10 bits per heavy atom. The minimum absolute atomic E-state index is 0.0554. The van der Waals surface area contributed by atoms with E-state index in [0.29, 0.717) is 21.7 Å². The third-order valence-corrected chi connectivity index (χ3v) is 3.99. The van der Waals surface area contributed by atoms with Gasteiger partial charge in [0.05, 0.1) is 16.1 Å². The van der Waals surface area contributed by atoms with Gasteiger partial charge in [0.25, 0.3) is 0 Å². The Hall–Kier alpha value is -0.930. The van der Waals surface area contributed by atoms with Crippen LogP contribution in [0, 0.1) is 0 Å². The lowest BCUT2D eigenvalue weighted by molar-refractivity contribution is 0.273. The fourth-order valence-electron chi connectivity index (χ4n) is 1.85. The van der Waals surface area contributed by atoms with Gasteiger partial charge in [-0.15, -0.1) is 0 Å². The van der Waals surface area contributed by atoms with Crippen LogP contribution in [0.25, 0.3) is 0 Å². The van der Waals surface area contributed by atoms with E-state index < -0.39 is 0 Å². The number of rotatable bonds is 5. The Kier molecular flexibility index (Phi) is 5.55. The summed E-state index contributed by atoms with van der Waals surface area (Å²) >= 11 is 18.2. The van der Waals surface area contributed by atoms with E-state index in [9.17, 15) is 0 Å². The maximum Gasteiger partial charge on any atom is 0.120 e. The van der Waals surface area contributed by atoms with Crippen molar-refractivity contribution in [2.75, 3.05) is 13.7 Å². The maximum absolute atomic E-state index is 6.23. The van der Waals surface area contributed by atoms with Crippen molar-refractivity contribution in [3.8, 4) is 5.75 Å². The van der Waals surface area contributed by atoms with Crippen LogP contribution >= 0.6 is 34.8 Å². The molecule has 5 heteroatoms. The van der Waals surface area contributed by atoms with Gasteiger partial charge in [0.2, 0.25) is 0 Å². The lowest BCUT2D eigenvalue weighted by Gasteiger charge is -2.19. The minimum Gasteiger partial charge on any atom is -0.492 e. The van der Waals surface area contributed by atoms with E-state index in [0.717, 1.165) is 11.3 Å². The summed E-state index contributed by atoms with van der Waals surface area (Å²) in [6.45, 7) is 0.427. The van der Waals surface area contributed by atoms with Crippen LogP contribution in [-0.2, 0) is 0 Å². The molecule has 2 aromatic rings. The first kappa shape index (κ1) is 15.5. The maximum atomic E-state index is 6.23. The van der Waals surface area contributed by atoms with Gasteiger partial charge in [-0.05, 0) is 36.9 Å². The summed E-state index contributed by atoms with van der Waals surface area (Å²) in [7, 11) is 1.85. The van der Waals surface area contributed by atoms with Crippen molar-refractivity contribution in [1.82, 2.24) is 5.32 Å². The molecule has 0 aliphatic rings. The predicted octanol–water partition coefficient (Wildman–Crippen LogP) is 4.99. The highest BCUT2D eigenvalue weighted by atomic mass is 35.5. The van der Waals surface area contributed by atoms with Crippen LogP contribution in [0.2, 0.25) is 15.1 Å². The molecule has 1 N–H and O–H groups in total. The zero-order chi connectivity index (χ0) is 14.5. The van der Waals surface area contributed by atoms with Gasteiger partial charge in [0.1, 0.15) is 12.4 Å². The van der Waals surface area contributed by atoms with Crippen LogP contribution in [0.3, 0.4) is 0 Å². The molecule has 0 spiro atoms. The van der Waals surface area contributed by atoms with Gasteiger partial charge >= 0.3 is 0 Å². The lowest BCUT2D eigenvalue weighted by Crippen LogP contribution is -2.23. The molecule has 2 nitrogen and oxygen atoms in total. The van der Waals surface area contributed by atoms with E-state index in [1.807, 2.05) is 31.3 Å². The van der Waals surface area contributed by atoms with Crippen molar-refractivity contribution in [1.29, 1.82) is 0 Å². The van der Waals surface area contributed by atoms with Crippen LogP contribution in [0.15, 0.2) is 42.5 Å². The molecular weight excluding hydrogens is 317 g/mol. The Morgan fingerprint density at radius 2 is 1.85 bits per heavy atom. The molecular formula is C15H14Cl3NO. The van der Waals surface area contributed by atoms with Crippen molar-refractivity contribution >= 4 is 34.8 Å². The van der Waals surface area contributed by atoms with Gasteiger partial charge in [-0.3, -0.25) is 0 Å². The third-order valence-electron chi connectivity index (χ3n) is 2.92. The second kappa shape index (κ2) is 7.19. The zero-order valence-electron chi connectivity index (χ0n) is 10.9. The normalized spacial score (nSPS) is 12.2. The molecule has 20 heavy (non-hydrogen) atoms. The Labute approximate surface area is 133 Å². The van der Waals surface area contributed by atoms with E-state index >= 15 is 0 Å². The Balaban J connectivity index is 2.11. The number of hydrogen-bond acceptors (Lipinski definition) is 2. The van der Waals surface area contributed by atoms with Crippen LogP contribution in [0.5, 0.6) is 5.75 Å². The van der Waals surface area contributed by atoms with Gasteiger partial charge in [0, 0.05) is 5.02 Å². The summed E-state index contributed by atoms with van der Waals surface area (Å²) in [6, 6.07) is 12.8. The van der Waals surface area contributed by atoms with Gasteiger partial charge in [0.15, 0.2) is 0 Å². The molecule has 0 bridgehead atoms. The van der Waals surface area contributed by atoms with Gasteiger partial charge in [-0.1, -0.05) is 53.0 Å². The summed E-state index contributed by atoms with van der Waals surface area (Å²) in [6.07, 6.45) is 0. The number of benzene rings is 2. The molecule has 0 aliphatic carbocycles. The molecule has 1 unspecified atom stereocenters. The van der Waals surface area contributed by atoms with Gasteiger partial charge in [-0.2, -0.15) is 0 Å². The summed E-state index contributed by atoms with van der Waals surface area (Å²) in [5.41, 5.74) is 0.906. The summed E-state index contributed by atoms with van der Waals surface area (Å²) < 4.78 is 5.74. The van der Waals surface area contributed by atoms with Crippen molar-refractivity contribution in [3.63, 3.8) is 0 Å². The highest BCUT2D eigenvalue weighted by Crippen LogP contribution is 2.30. The number of nitrogens with one attached hydrogen (secondary N) is 1. The standard InChI is InChI=1S/C15H14Cl3NO/c1-19-14(12-6-3-7-13(17)15(12)18)9-20-11-5-2-4-10(16)8-11/h2-8,14,19H,9H2,1H3. The molecule has 0 radical (unpaired) electrons. The average molecular weight is 331 g/mol. The number of ether oxygens (including phenoxy) is 1. The summed E-state index contributed by atoms with van der Waals surface area (Å²) in [5, 5.41) is 4.89. The van der Waals surface area contributed by atoms with E-state index in [-0.39, 0.29) is 6.04 Å². The number of likely N-dealkylation sites (N-methyl/N-ethyl adjacent to an activating group) is 1. The second-order valence-electron chi connectivity index (χ2n) is 4.25. The fourth-order valence-corrected chi connectivity index (χ4v) is 2.47. The smallest absolute Gasteiger partial charge is 0.120 e. The first-order valence-corrected chi connectivity index (χ1v) is 7.24. The van der Waals surface area contributed by atoms with Crippen molar-refractivity contribution in [2.24, 2.45) is 0 Å². The van der Waals surface area contributed by atoms with Crippen LogP contribution in [-0.4, -0.2) is 13.7 Å². The minimum atomic E-state index is -0.0554. The second-order valence-corrected chi connectivity index (χ2v) is 5.47. The first-order chi connectivity index (χ1) is 9.61. The topological polar surface area (TPSA) is 21.3 Å². The van der Waals surface area contributed by atoms with Gasteiger partial charge in [-0.25, -0.2) is 0 Å². The monoisotopic (exact) mass is 329 g/mol. The van der Waals surface area contributed by atoms with Crippen LogP contribution < -0.4 is 10.1 Å². The predicted molar refractivity (Wildman–Crippen MR) is 85.2 cm³/mol. The number of hydrogen-bond donors (Lipinski definition) is 1. The molecule has 0 aliphatic heterocycles. The Bertz CT molecular complexity index is 589. The largest absolute Gasteiger partial charge is 0.492 e. The number of halogens is 3. The molecule has 106 valence electrons. The molecule has 0 amide bonds. The molecule has 0 saturated carbocycles. The third kappa shape index (κ3) is 3.80. The molecule has 1 atom stereocenters. The average Bonchev–Trinajstić information content (AvgIpc) is 2.44. The van der Waals surface area contributed by atoms with E-state index in [4.69, 9.17) is 39.5 Å². The Morgan fingerprint density at radius 3 is 2.55 bits per heavy atom.